The van der Waals surface area contributed by atoms with E-state index in [2.05, 4.69) is 10.4 Å². The second-order valence-electron chi connectivity index (χ2n) is 6.78. The Balaban J connectivity index is 1.43. The predicted molar refractivity (Wildman–Crippen MR) is 107 cm³/mol. The van der Waals surface area contributed by atoms with Crippen LogP contribution in [0.2, 0.25) is 0 Å². The first-order valence-electron chi connectivity index (χ1n) is 9.36. The van der Waals surface area contributed by atoms with Crippen molar-refractivity contribution in [2.45, 2.75) is 19.3 Å². The fourth-order valence-electron chi connectivity index (χ4n) is 2.85. The molecule has 5 nitrogen and oxygen atoms in total. The number of aromatic nitrogens is 2. The van der Waals surface area contributed by atoms with Gasteiger partial charge in [0.2, 0.25) is 0 Å². The fraction of sp³-hybridized carbons (Fsp3) is 0.333. The highest BCUT2D eigenvalue weighted by atomic mass is 32.1. The van der Waals surface area contributed by atoms with Crippen LogP contribution in [-0.2, 0) is 4.74 Å². The predicted octanol–water partition coefficient (Wildman–Crippen LogP) is 4.15. The lowest BCUT2D eigenvalue weighted by molar-refractivity contribution is 0.0938. The minimum absolute atomic E-state index is 0.0947. The van der Waals surface area contributed by atoms with Crippen LogP contribution in [0.3, 0.4) is 0 Å². The van der Waals surface area contributed by atoms with Crippen LogP contribution < -0.4 is 5.32 Å². The number of carbonyl (C=O) groups excluding carboxylic acids is 1. The first-order chi connectivity index (χ1) is 13.3. The van der Waals surface area contributed by atoms with Crippen molar-refractivity contribution >= 4 is 17.2 Å². The van der Waals surface area contributed by atoms with Gasteiger partial charge in [-0.15, -0.1) is 11.3 Å². The second kappa shape index (κ2) is 8.50. The van der Waals surface area contributed by atoms with Crippen molar-refractivity contribution in [2.24, 2.45) is 5.92 Å². The number of para-hydroxylation sites is 1. The van der Waals surface area contributed by atoms with E-state index in [4.69, 9.17) is 4.74 Å². The number of nitrogens with one attached hydrogen (secondary N) is 1. The number of ether oxygens (including phenoxy) is 1. The minimum Gasteiger partial charge on any atom is -0.381 e. The van der Waals surface area contributed by atoms with E-state index in [-0.39, 0.29) is 5.91 Å². The molecule has 1 fully saturated rings. The number of hydrogen-bond donors (Lipinski definition) is 1. The molecule has 2 heterocycles. The van der Waals surface area contributed by atoms with E-state index in [0.717, 1.165) is 35.2 Å². The summed E-state index contributed by atoms with van der Waals surface area (Å²) in [5, 5.41) is 9.67. The largest absolute Gasteiger partial charge is 0.381 e. The Bertz CT molecular complexity index is 870. The number of rotatable bonds is 9. The van der Waals surface area contributed by atoms with E-state index in [0.29, 0.717) is 18.7 Å². The summed E-state index contributed by atoms with van der Waals surface area (Å²) in [6.45, 7) is 2.15. The summed E-state index contributed by atoms with van der Waals surface area (Å²) in [6, 6.07) is 13.8. The zero-order chi connectivity index (χ0) is 18.5. The Morgan fingerprint density at radius 2 is 2.07 bits per heavy atom. The van der Waals surface area contributed by atoms with Gasteiger partial charge in [0.25, 0.3) is 5.91 Å². The van der Waals surface area contributed by atoms with E-state index in [1.54, 1.807) is 16.0 Å². The van der Waals surface area contributed by atoms with Crippen LogP contribution in [0.25, 0.3) is 16.3 Å². The lowest BCUT2D eigenvalue weighted by Crippen LogP contribution is -2.25. The van der Waals surface area contributed by atoms with E-state index in [9.17, 15) is 4.79 Å². The van der Waals surface area contributed by atoms with Crippen molar-refractivity contribution in [3.05, 3.63) is 59.6 Å². The van der Waals surface area contributed by atoms with E-state index in [1.165, 1.54) is 12.8 Å². The third-order valence-electron chi connectivity index (χ3n) is 4.54. The first-order valence-corrected chi connectivity index (χ1v) is 10.2. The second-order valence-corrected chi connectivity index (χ2v) is 7.72. The van der Waals surface area contributed by atoms with Crippen LogP contribution in [0.4, 0.5) is 0 Å². The molecule has 2 aromatic heterocycles. The number of benzene rings is 1. The van der Waals surface area contributed by atoms with Gasteiger partial charge in [-0.05, 0) is 48.8 Å². The van der Waals surface area contributed by atoms with Gasteiger partial charge in [-0.2, -0.15) is 5.10 Å². The van der Waals surface area contributed by atoms with Gasteiger partial charge >= 0.3 is 0 Å². The van der Waals surface area contributed by atoms with Crippen LogP contribution >= 0.6 is 11.3 Å². The van der Waals surface area contributed by atoms with Crippen LogP contribution in [0, 0.1) is 5.92 Å². The van der Waals surface area contributed by atoms with E-state index in [1.807, 2.05) is 54.0 Å². The molecule has 0 radical (unpaired) electrons. The molecule has 140 valence electrons. The number of amides is 1. The maximum absolute atomic E-state index is 12.8. The average Bonchev–Trinajstić information content (AvgIpc) is 3.19. The van der Waals surface area contributed by atoms with Gasteiger partial charge in [0, 0.05) is 26.0 Å². The van der Waals surface area contributed by atoms with E-state index >= 15 is 0 Å². The van der Waals surface area contributed by atoms with Gasteiger partial charge in [0.15, 0.2) is 0 Å². The Hall–Kier alpha value is -2.44. The monoisotopic (exact) mass is 381 g/mol. The number of hydrogen-bond acceptors (Lipinski definition) is 4. The fourth-order valence-corrected chi connectivity index (χ4v) is 3.58. The molecule has 4 rings (SSSR count). The molecule has 0 unspecified atom stereocenters. The Morgan fingerprint density at radius 1 is 1.22 bits per heavy atom. The number of nitrogens with zero attached hydrogens (tertiary/aromatic N) is 2. The molecule has 0 saturated heterocycles. The molecule has 1 aliphatic carbocycles. The zero-order valence-electron chi connectivity index (χ0n) is 15.1. The Morgan fingerprint density at radius 3 is 2.81 bits per heavy atom. The lowest BCUT2D eigenvalue weighted by atomic mass is 10.2. The molecule has 1 amide bonds. The summed E-state index contributed by atoms with van der Waals surface area (Å²) in [6.07, 6.45) is 5.23. The molecular weight excluding hydrogens is 358 g/mol. The normalized spacial score (nSPS) is 13.6. The molecule has 27 heavy (non-hydrogen) atoms. The highest BCUT2D eigenvalue weighted by molar-refractivity contribution is 7.13. The van der Waals surface area contributed by atoms with Crippen LogP contribution in [0.5, 0.6) is 0 Å². The molecule has 3 aromatic rings. The van der Waals surface area contributed by atoms with Crippen LogP contribution in [-0.4, -0.2) is 35.4 Å². The van der Waals surface area contributed by atoms with Gasteiger partial charge in [-0.25, -0.2) is 4.68 Å². The Kier molecular flexibility index (Phi) is 5.65. The Labute approximate surface area is 163 Å². The molecule has 1 aromatic carbocycles. The average molecular weight is 382 g/mol. The van der Waals surface area contributed by atoms with Crippen molar-refractivity contribution < 1.29 is 9.53 Å². The minimum atomic E-state index is -0.0947. The lowest BCUT2D eigenvalue weighted by Gasteiger charge is -2.05. The molecule has 1 saturated carbocycles. The third kappa shape index (κ3) is 4.64. The third-order valence-corrected chi connectivity index (χ3v) is 5.41. The molecule has 0 bridgehead atoms. The maximum Gasteiger partial charge on any atom is 0.255 e. The molecule has 1 aliphatic rings. The number of thiophene rings is 1. The van der Waals surface area contributed by atoms with Gasteiger partial charge < -0.3 is 10.1 Å². The molecule has 0 spiro atoms. The molecule has 6 heteroatoms. The summed E-state index contributed by atoms with van der Waals surface area (Å²) >= 11 is 1.58. The molecule has 1 N–H and O–H groups in total. The highest BCUT2D eigenvalue weighted by Crippen LogP contribution is 2.29. The van der Waals surface area contributed by atoms with Crippen molar-refractivity contribution in [3.63, 3.8) is 0 Å². The van der Waals surface area contributed by atoms with Gasteiger partial charge in [0.05, 0.1) is 16.1 Å². The zero-order valence-corrected chi connectivity index (χ0v) is 16.0. The smallest absolute Gasteiger partial charge is 0.255 e. The van der Waals surface area contributed by atoms with Gasteiger partial charge in [-0.3, -0.25) is 4.79 Å². The summed E-state index contributed by atoms with van der Waals surface area (Å²) in [4.78, 5) is 13.7. The van der Waals surface area contributed by atoms with Gasteiger partial charge in [0.1, 0.15) is 5.69 Å². The first kappa shape index (κ1) is 17.9. The van der Waals surface area contributed by atoms with Gasteiger partial charge in [-0.1, -0.05) is 24.3 Å². The highest BCUT2D eigenvalue weighted by Gasteiger charge is 2.21. The summed E-state index contributed by atoms with van der Waals surface area (Å²) in [5.41, 5.74) is 2.25. The van der Waals surface area contributed by atoms with E-state index < -0.39 is 0 Å². The molecule has 0 atom stereocenters. The summed E-state index contributed by atoms with van der Waals surface area (Å²) in [5.74, 6) is 0.680. The van der Waals surface area contributed by atoms with Crippen LogP contribution in [0.1, 0.15) is 29.6 Å². The number of carbonyl (C=O) groups is 1. The van der Waals surface area contributed by atoms with Crippen molar-refractivity contribution in [2.75, 3.05) is 19.8 Å². The van der Waals surface area contributed by atoms with Crippen molar-refractivity contribution in [1.29, 1.82) is 0 Å². The molecule has 0 aliphatic heterocycles. The topological polar surface area (TPSA) is 56.1 Å². The SMILES string of the molecule is O=C(NCCCOCC1CC1)c1cn(-c2ccccc2)nc1-c1cccs1. The van der Waals surface area contributed by atoms with Crippen molar-refractivity contribution in [3.8, 4) is 16.3 Å². The quantitative estimate of drug-likeness (QED) is 0.567. The standard InChI is InChI=1S/C21H23N3O2S/c25-21(22-11-5-12-26-15-16-9-10-16)18-14-24(17-6-2-1-3-7-17)23-20(18)19-8-4-13-27-19/h1-4,6-8,13-14,16H,5,9-12,15H2,(H,22,25). The summed E-state index contributed by atoms with van der Waals surface area (Å²) in [7, 11) is 0. The van der Waals surface area contributed by atoms with Crippen molar-refractivity contribution in [1.82, 2.24) is 15.1 Å². The maximum atomic E-state index is 12.8. The van der Waals surface area contributed by atoms with Crippen LogP contribution in [0.15, 0.2) is 54.0 Å². The molecular formula is C21H23N3O2S. The summed E-state index contributed by atoms with van der Waals surface area (Å²) < 4.78 is 7.39.